The Morgan fingerprint density at radius 2 is 2.18 bits per heavy atom. The molecular weight excluding hydrogens is 164 g/mol. The standard InChI is InChI=1S/C6H14N2O2S/c1-7-11(9,10)3-2-6-4-8-5-6/h6-8H,2-5H2,1H3. The van der Waals surface area contributed by atoms with Gasteiger partial charge in [0.1, 0.15) is 0 Å². The Morgan fingerprint density at radius 3 is 2.55 bits per heavy atom. The Balaban J connectivity index is 2.20. The van der Waals surface area contributed by atoms with Gasteiger partial charge < -0.3 is 5.32 Å². The molecule has 1 rings (SSSR count). The minimum atomic E-state index is -2.97. The van der Waals surface area contributed by atoms with Crippen molar-refractivity contribution in [3.8, 4) is 0 Å². The molecule has 1 saturated heterocycles. The average molecular weight is 178 g/mol. The van der Waals surface area contributed by atoms with Crippen LogP contribution in [0.15, 0.2) is 0 Å². The van der Waals surface area contributed by atoms with Gasteiger partial charge in [-0.05, 0) is 32.5 Å². The van der Waals surface area contributed by atoms with Crippen LogP contribution in [-0.4, -0.2) is 34.3 Å². The Morgan fingerprint density at radius 1 is 1.55 bits per heavy atom. The van der Waals surface area contributed by atoms with E-state index >= 15 is 0 Å². The fourth-order valence-corrected chi connectivity index (χ4v) is 1.82. The lowest BCUT2D eigenvalue weighted by Gasteiger charge is -2.26. The quantitative estimate of drug-likeness (QED) is 0.589. The molecule has 11 heavy (non-hydrogen) atoms. The van der Waals surface area contributed by atoms with Gasteiger partial charge in [-0.3, -0.25) is 0 Å². The van der Waals surface area contributed by atoms with Crippen LogP contribution in [0, 0.1) is 5.92 Å². The van der Waals surface area contributed by atoms with E-state index in [0.29, 0.717) is 5.92 Å². The van der Waals surface area contributed by atoms with Crippen molar-refractivity contribution in [1.29, 1.82) is 0 Å². The fraction of sp³-hybridized carbons (Fsp3) is 1.00. The maximum absolute atomic E-state index is 10.9. The predicted molar refractivity (Wildman–Crippen MR) is 43.8 cm³/mol. The molecule has 0 aromatic carbocycles. The Labute approximate surface area is 67.4 Å². The number of nitrogens with one attached hydrogen (secondary N) is 2. The van der Waals surface area contributed by atoms with E-state index in [9.17, 15) is 8.42 Å². The van der Waals surface area contributed by atoms with Gasteiger partial charge in [-0.1, -0.05) is 0 Å². The maximum Gasteiger partial charge on any atom is 0.211 e. The Hall–Kier alpha value is -0.130. The Kier molecular flexibility index (Phi) is 2.86. The molecule has 0 bridgehead atoms. The third-order valence-electron chi connectivity index (χ3n) is 1.97. The summed E-state index contributed by atoms with van der Waals surface area (Å²) in [6, 6.07) is 0. The average Bonchev–Trinajstić information content (AvgIpc) is 1.84. The summed E-state index contributed by atoms with van der Waals surface area (Å²) in [5.74, 6) is 0.827. The minimum absolute atomic E-state index is 0.260. The van der Waals surface area contributed by atoms with Gasteiger partial charge in [0.15, 0.2) is 0 Å². The molecule has 4 nitrogen and oxygen atoms in total. The van der Waals surface area contributed by atoms with Gasteiger partial charge in [0.2, 0.25) is 10.0 Å². The molecule has 0 aromatic rings. The van der Waals surface area contributed by atoms with Crippen LogP contribution in [0.5, 0.6) is 0 Å². The summed E-state index contributed by atoms with van der Waals surface area (Å²) in [5, 5.41) is 3.10. The zero-order valence-corrected chi connectivity index (χ0v) is 7.45. The fourth-order valence-electron chi connectivity index (χ4n) is 0.976. The topological polar surface area (TPSA) is 58.2 Å². The van der Waals surface area contributed by atoms with Crippen molar-refractivity contribution in [2.24, 2.45) is 5.92 Å². The summed E-state index contributed by atoms with van der Waals surface area (Å²) >= 11 is 0. The molecule has 1 heterocycles. The zero-order chi connectivity index (χ0) is 8.32. The third-order valence-corrected chi connectivity index (χ3v) is 3.37. The highest BCUT2D eigenvalue weighted by atomic mass is 32.2. The van der Waals surface area contributed by atoms with Crippen LogP contribution < -0.4 is 10.0 Å². The maximum atomic E-state index is 10.9. The number of hydrogen-bond donors (Lipinski definition) is 2. The summed E-state index contributed by atoms with van der Waals surface area (Å²) in [6.07, 6.45) is 0.774. The van der Waals surface area contributed by atoms with Crippen molar-refractivity contribution >= 4 is 10.0 Å². The summed E-state index contributed by atoms with van der Waals surface area (Å²) < 4.78 is 24.1. The summed E-state index contributed by atoms with van der Waals surface area (Å²) in [5.41, 5.74) is 0. The van der Waals surface area contributed by atoms with E-state index in [2.05, 4.69) is 10.0 Å². The smallest absolute Gasteiger partial charge is 0.211 e. The lowest BCUT2D eigenvalue weighted by Crippen LogP contribution is -2.43. The number of rotatable bonds is 4. The molecule has 0 amide bonds. The van der Waals surface area contributed by atoms with Crippen LogP contribution in [0.2, 0.25) is 0 Å². The van der Waals surface area contributed by atoms with Gasteiger partial charge in [0.25, 0.3) is 0 Å². The van der Waals surface area contributed by atoms with Crippen molar-refractivity contribution in [3.63, 3.8) is 0 Å². The molecule has 0 aromatic heterocycles. The molecular formula is C6H14N2O2S. The van der Waals surface area contributed by atoms with Crippen LogP contribution >= 0.6 is 0 Å². The highest BCUT2D eigenvalue weighted by Gasteiger charge is 2.19. The first-order chi connectivity index (χ1) is 5.14. The first kappa shape index (κ1) is 8.96. The van der Waals surface area contributed by atoms with Gasteiger partial charge in [-0.15, -0.1) is 0 Å². The molecule has 0 saturated carbocycles. The SMILES string of the molecule is CNS(=O)(=O)CCC1CNC1. The highest BCUT2D eigenvalue weighted by Crippen LogP contribution is 2.08. The van der Waals surface area contributed by atoms with Gasteiger partial charge in [0, 0.05) is 0 Å². The molecule has 1 aliphatic rings. The first-order valence-electron chi connectivity index (χ1n) is 3.76. The summed E-state index contributed by atoms with van der Waals surface area (Å²) in [7, 11) is -1.52. The van der Waals surface area contributed by atoms with E-state index in [-0.39, 0.29) is 5.75 Å². The van der Waals surface area contributed by atoms with Crippen molar-refractivity contribution < 1.29 is 8.42 Å². The molecule has 0 aliphatic carbocycles. The van der Waals surface area contributed by atoms with Crippen molar-refractivity contribution in [1.82, 2.24) is 10.0 Å². The van der Waals surface area contributed by atoms with E-state index in [1.54, 1.807) is 0 Å². The molecule has 2 N–H and O–H groups in total. The third kappa shape index (κ3) is 2.76. The van der Waals surface area contributed by atoms with Crippen molar-refractivity contribution in [2.45, 2.75) is 6.42 Å². The van der Waals surface area contributed by atoms with E-state index in [0.717, 1.165) is 19.5 Å². The molecule has 0 spiro atoms. The normalized spacial score (nSPS) is 19.7. The molecule has 1 fully saturated rings. The van der Waals surface area contributed by atoms with Gasteiger partial charge in [0.05, 0.1) is 5.75 Å². The van der Waals surface area contributed by atoms with E-state index in [1.165, 1.54) is 7.05 Å². The van der Waals surface area contributed by atoms with E-state index < -0.39 is 10.0 Å². The Bertz CT molecular complexity index is 209. The van der Waals surface area contributed by atoms with E-state index in [4.69, 9.17) is 0 Å². The zero-order valence-electron chi connectivity index (χ0n) is 6.63. The lowest BCUT2D eigenvalue weighted by molar-refractivity contribution is 0.339. The van der Waals surface area contributed by atoms with Crippen LogP contribution in [0.1, 0.15) is 6.42 Å². The largest absolute Gasteiger partial charge is 0.316 e. The first-order valence-corrected chi connectivity index (χ1v) is 5.41. The number of hydrogen-bond acceptors (Lipinski definition) is 3. The van der Waals surface area contributed by atoms with Gasteiger partial charge in [-0.2, -0.15) is 0 Å². The molecule has 0 atom stereocenters. The second-order valence-electron chi connectivity index (χ2n) is 2.84. The van der Waals surface area contributed by atoms with Crippen molar-refractivity contribution in [2.75, 3.05) is 25.9 Å². The van der Waals surface area contributed by atoms with E-state index in [1.807, 2.05) is 0 Å². The monoisotopic (exact) mass is 178 g/mol. The molecule has 1 aliphatic heterocycles. The molecule has 0 radical (unpaired) electrons. The number of sulfonamides is 1. The van der Waals surface area contributed by atoms with Crippen LogP contribution in [-0.2, 0) is 10.0 Å². The second kappa shape index (κ2) is 3.51. The molecule has 5 heteroatoms. The van der Waals surface area contributed by atoms with Crippen LogP contribution in [0.4, 0.5) is 0 Å². The predicted octanol–water partition coefficient (Wildman–Crippen LogP) is -0.855. The van der Waals surface area contributed by atoms with Crippen molar-refractivity contribution in [3.05, 3.63) is 0 Å². The highest BCUT2D eigenvalue weighted by molar-refractivity contribution is 7.89. The summed E-state index contributed by atoms with van der Waals surface area (Å²) in [4.78, 5) is 0. The molecule has 0 unspecified atom stereocenters. The van der Waals surface area contributed by atoms with Crippen LogP contribution in [0.25, 0.3) is 0 Å². The van der Waals surface area contributed by atoms with Crippen LogP contribution in [0.3, 0.4) is 0 Å². The van der Waals surface area contributed by atoms with Gasteiger partial charge in [-0.25, -0.2) is 13.1 Å². The van der Waals surface area contributed by atoms with Gasteiger partial charge >= 0.3 is 0 Å². The molecule has 66 valence electrons. The summed E-state index contributed by atoms with van der Waals surface area (Å²) in [6.45, 7) is 1.94. The second-order valence-corrected chi connectivity index (χ2v) is 4.88. The minimum Gasteiger partial charge on any atom is -0.316 e. The lowest BCUT2D eigenvalue weighted by atomic mass is 10.0.